The average molecular weight is 256 g/mol. The van der Waals surface area contributed by atoms with Crippen LogP contribution in [0.2, 0.25) is 0 Å². The molecule has 0 bridgehead atoms. The highest BCUT2D eigenvalue weighted by Crippen LogP contribution is 2.19. The molecule has 1 saturated heterocycles. The van der Waals surface area contributed by atoms with Gasteiger partial charge in [0.25, 0.3) is 0 Å². The number of likely N-dealkylation sites (tertiary alicyclic amines) is 1. The number of carbonyl (C=O) groups is 1. The van der Waals surface area contributed by atoms with Crippen LogP contribution in [-0.2, 0) is 11.3 Å². The van der Waals surface area contributed by atoms with Gasteiger partial charge in [-0.3, -0.25) is 9.69 Å². The van der Waals surface area contributed by atoms with E-state index < -0.39 is 5.97 Å². The fourth-order valence-corrected chi connectivity index (χ4v) is 2.25. The Kier molecular flexibility index (Phi) is 4.97. The van der Waals surface area contributed by atoms with Crippen molar-refractivity contribution in [3.63, 3.8) is 0 Å². The number of aliphatic carboxylic acids is 1. The Morgan fingerprint density at radius 2 is 2.29 bits per heavy atom. The number of halogens is 1. The predicted octanol–water partition coefficient (Wildman–Crippen LogP) is 2.32. The molecule has 0 amide bonds. The van der Waals surface area contributed by atoms with Crippen molar-refractivity contribution >= 4 is 18.4 Å². The second-order valence-electron chi connectivity index (χ2n) is 4.55. The molecule has 1 heterocycles. The van der Waals surface area contributed by atoms with Crippen LogP contribution in [0.25, 0.3) is 0 Å². The summed E-state index contributed by atoms with van der Waals surface area (Å²) in [5.41, 5.74) is 2.53. The molecular weight excluding hydrogens is 238 g/mol. The van der Waals surface area contributed by atoms with E-state index in [4.69, 9.17) is 5.11 Å². The number of carboxylic acid groups (broad SMARTS) is 1. The van der Waals surface area contributed by atoms with Crippen molar-refractivity contribution in [2.24, 2.45) is 5.92 Å². The first-order valence-electron chi connectivity index (χ1n) is 5.66. The Morgan fingerprint density at radius 3 is 2.88 bits per heavy atom. The Balaban J connectivity index is 0.00000144. The highest BCUT2D eigenvalue weighted by molar-refractivity contribution is 5.85. The first-order chi connectivity index (χ1) is 7.65. The molecule has 2 rings (SSSR count). The van der Waals surface area contributed by atoms with Gasteiger partial charge in [-0.1, -0.05) is 29.8 Å². The van der Waals surface area contributed by atoms with Gasteiger partial charge in [-0.25, -0.2) is 0 Å². The monoisotopic (exact) mass is 255 g/mol. The van der Waals surface area contributed by atoms with Crippen molar-refractivity contribution in [3.8, 4) is 0 Å². The number of hydrogen-bond acceptors (Lipinski definition) is 2. The molecule has 1 aliphatic rings. The number of rotatable bonds is 3. The largest absolute Gasteiger partial charge is 0.481 e. The Morgan fingerprint density at radius 1 is 1.53 bits per heavy atom. The number of aryl methyl sites for hydroxylation is 1. The lowest BCUT2D eigenvalue weighted by atomic mass is 10.1. The zero-order valence-corrected chi connectivity index (χ0v) is 10.7. The van der Waals surface area contributed by atoms with E-state index in [1.54, 1.807) is 0 Å². The number of benzene rings is 1. The zero-order chi connectivity index (χ0) is 11.5. The fraction of sp³-hybridized carbons (Fsp3) is 0.462. The van der Waals surface area contributed by atoms with E-state index in [0.717, 1.165) is 19.5 Å². The Hall–Kier alpha value is -1.06. The minimum absolute atomic E-state index is 0. The van der Waals surface area contributed by atoms with Crippen LogP contribution in [0.5, 0.6) is 0 Å². The molecule has 1 aliphatic heterocycles. The molecule has 4 heteroatoms. The smallest absolute Gasteiger partial charge is 0.307 e. The van der Waals surface area contributed by atoms with E-state index in [9.17, 15) is 4.79 Å². The van der Waals surface area contributed by atoms with E-state index in [1.807, 2.05) is 0 Å². The highest BCUT2D eigenvalue weighted by Gasteiger charge is 2.27. The van der Waals surface area contributed by atoms with Crippen molar-refractivity contribution in [1.29, 1.82) is 0 Å². The lowest BCUT2D eigenvalue weighted by molar-refractivity contribution is -0.141. The van der Waals surface area contributed by atoms with Gasteiger partial charge < -0.3 is 5.11 Å². The van der Waals surface area contributed by atoms with Gasteiger partial charge in [0, 0.05) is 13.1 Å². The summed E-state index contributed by atoms with van der Waals surface area (Å²) in [6.45, 7) is 4.52. The second kappa shape index (κ2) is 6.03. The second-order valence-corrected chi connectivity index (χ2v) is 4.55. The quantitative estimate of drug-likeness (QED) is 0.901. The first-order valence-corrected chi connectivity index (χ1v) is 5.66. The van der Waals surface area contributed by atoms with E-state index >= 15 is 0 Å². The molecule has 1 unspecified atom stereocenters. The SMILES string of the molecule is Cc1cccc(CN2CCC(C(=O)O)C2)c1.Cl. The van der Waals surface area contributed by atoms with Gasteiger partial charge in [-0.05, 0) is 25.5 Å². The van der Waals surface area contributed by atoms with Gasteiger partial charge in [0.2, 0.25) is 0 Å². The van der Waals surface area contributed by atoms with Crippen LogP contribution in [0.3, 0.4) is 0 Å². The Bertz CT molecular complexity index is 395. The predicted molar refractivity (Wildman–Crippen MR) is 69.4 cm³/mol. The Labute approximate surface area is 108 Å². The molecule has 3 nitrogen and oxygen atoms in total. The molecule has 17 heavy (non-hydrogen) atoms. The molecular formula is C13H18ClNO2. The van der Waals surface area contributed by atoms with Gasteiger partial charge in [-0.2, -0.15) is 0 Å². The lowest BCUT2D eigenvalue weighted by Gasteiger charge is -2.15. The fourth-order valence-electron chi connectivity index (χ4n) is 2.25. The third-order valence-electron chi connectivity index (χ3n) is 3.11. The minimum Gasteiger partial charge on any atom is -0.481 e. The van der Waals surface area contributed by atoms with E-state index in [1.165, 1.54) is 11.1 Å². The van der Waals surface area contributed by atoms with Crippen LogP contribution in [0.1, 0.15) is 17.5 Å². The number of hydrogen-bond donors (Lipinski definition) is 1. The summed E-state index contributed by atoms with van der Waals surface area (Å²) < 4.78 is 0. The molecule has 1 aromatic rings. The maximum absolute atomic E-state index is 10.8. The van der Waals surface area contributed by atoms with Gasteiger partial charge in [0.15, 0.2) is 0 Å². The van der Waals surface area contributed by atoms with Gasteiger partial charge in [-0.15, -0.1) is 12.4 Å². The van der Waals surface area contributed by atoms with Gasteiger partial charge >= 0.3 is 5.97 Å². The summed E-state index contributed by atoms with van der Waals surface area (Å²) >= 11 is 0. The minimum atomic E-state index is -0.660. The number of nitrogens with zero attached hydrogens (tertiary/aromatic N) is 1. The molecule has 0 saturated carbocycles. The van der Waals surface area contributed by atoms with Gasteiger partial charge in [0.05, 0.1) is 5.92 Å². The summed E-state index contributed by atoms with van der Waals surface area (Å²) in [6, 6.07) is 8.39. The topological polar surface area (TPSA) is 40.5 Å². The van der Waals surface area contributed by atoms with Crippen molar-refractivity contribution < 1.29 is 9.90 Å². The summed E-state index contributed by atoms with van der Waals surface area (Å²) in [7, 11) is 0. The van der Waals surface area contributed by atoms with Crippen LogP contribution < -0.4 is 0 Å². The van der Waals surface area contributed by atoms with Crippen LogP contribution in [0.15, 0.2) is 24.3 Å². The molecule has 94 valence electrons. The molecule has 1 fully saturated rings. The van der Waals surface area contributed by atoms with Crippen molar-refractivity contribution in [2.75, 3.05) is 13.1 Å². The highest BCUT2D eigenvalue weighted by atomic mass is 35.5. The molecule has 0 spiro atoms. The number of carboxylic acids is 1. The lowest BCUT2D eigenvalue weighted by Crippen LogP contribution is -2.22. The van der Waals surface area contributed by atoms with Gasteiger partial charge in [0.1, 0.15) is 0 Å². The standard InChI is InChI=1S/C13H17NO2.ClH/c1-10-3-2-4-11(7-10)8-14-6-5-12(9-14)13(15)16;/h2-4,7,12H,5-6,8-9H2,1H3,(H,15,16);1H. The summed E-state index contributed by atoms with van der Waals surface area (Å²) in [5.74, 6) is -0.837. The zero-order valence-electron chi connectivity index (χ0n) is 9.93. The molecule has 1 N–H and O–H groups in total. The maximum atomic E-state index is 10.8. The van der Waals surface area contributed by atoms with E-state index in [0.29, 0.717) is 6.54 Å². The molecule has 0 aliphatic carbocycles. The summed E-state index contributed by atoms with van der Waals surface area (Å²) in [6.07, 6.45) is 0.779. The molecule has 1 aromatic carbocycles. The molecule has 0 radical (unpaired) electrons. The van der Waals surface area contributed by atoms with Crippen LogP contribution in [0.4, 0.5) is 0 Å². The maximum Gasteiger partial charge on any atom is 0.307 e. The van der Waals surface area contributed by atoms with Crippen LogP contribution >= 0.6 is 12.4 Å². The first kappa shape index (κ1) is 14.0. The van der Waals surface area contributed by atoms with Crippen LogP contribution in [0, 0.1) is 12.8 Å². The third kappa shape index (κ3) is 3.72. The van der Waals surface area contributed by atoms with Crippen molar-refractivity contribution in [1.82, 2.24) is 4.90 Å². The van der Waals surface area contributed by atoms with E-state index in [-0.39, 0.29) is 18.3 Å². The summed E-state index contributed by atoms with van der Waals surface area (Å²) in [5, 5.41) is 8.91. The molecule has 1 atom stereocenters. The van der Waals surface area contributed by atoms with Crippen molar-refractivity contribution in [2.45, 2.75) is 19.9 Å². The van der Waals surface area contributed by atoms with Crippen molar-refractivity contribution in [3.05, 3.63) is 35.4 Å². The summed E-state index contributed by atoms with van der Waals surface area (Å²) in [4.78, 5) is 13.0. The average Bonchev–Trinajstić information content (AvgIpc) is 2.66. The van der Waals surface area contributed by atoms with E-state index in [2.05, 4.69) is 36.1 Å². The molecule has 0 aromatic heterocycles. The third-order valence-corrected chi connectivity index (χ3v) is 3.11. The van der Waals surface area contributed by atoms with Crippen LogP contribution in [-0.4, -0.2) is 29.1 Å². The normalized spacial score (nSPS) is 19.9.